The van der Waals surface area contributed by atoms with Crippen LogP contribution >= 0.6 is 24.0 Å². The Morgan fingerprint density at radius 1 is 1.08 bits per heavy atom. The van der Waals surface area contributed by atoms with Gasteiger partial charge in [0.25, 0.3) is 0 Å². The third-order valence-electron chi connectivity index (χ3n) is 1.60. The van der Waals surface area contributed by atoms with Crippen molar-refractivity contribution in [3.63, 3.8) is 0 Å². The van der Waals surface area contributed by atoms with Crippen LogP contribution in [0, 0.1) is 0 Å². The molecule has 0 N–H and O–H groups in total. The van der Waals surface area contributed by atoms with Gasteiger partial charge in [-0.05, 0) is 23.6 Å². The molecule has 62 valence electrons. The second kappa shape index (κ2) is 3.74. The van der Waals surface area contributed by atoms with Crippen LogP contribution < -0.4 is 0 Å². The summed E-state index contributed by atoms with van der Waals surface area (Å²) in [4.78, 5) is 4.00. The van der Waals surface area contributed by atoms with Crippen molar-refractivity contribution in [1.82, 2.24) is 4.98 Å². The van der Waals surface area contributed by atoms with E-state index in [1.807, 2.05) is 30.5 Å². The molecule has 1 nitrogen and oxygen atoms in total. The van der Waals surface area contributed by atoms with E-state index in [0.717, 1.165) is 15.8 Å². The van der Waals surface area contributed by atoms with Gasteiger partial charge >= 0.3 is 0 Å². The zero-order valence-electron chi connectivity index (χ0n) is 6.20. The molecule has 2 aromatic rings. The molecule has 0 saturated carbocycles. The fraction of sp³-hybridized carbons (Fsp3) is 0. The first-order valence-electron chi connectivity index (χ1n) is 3.35. The van der Waals surface area contributed by atoms with Crippen molar-refractivity contribution < 1.29 is 0 Å². The molecule has 0 aliphatic heterocycles. The predicted molar refractivity (Wildman–Crippen MR) is 54.0 cm³/mol. The Morgan fingerprint density at radius 2 is 1.92 bits per heavy atom. The first kappa shape index (κ1) is 9.30. The van der Waals surface area contributed by atoms with Gasteiger partial charge in [-0.2, -0.15) is 0 Å². The zero-order valence-corrected chi connectivity index (χ0v) is 7.77. The topological polar surface area (TPSA) is 12.9 Å². The smallest absolute Gasteiger partial charge is 0.0412 e. The molecule has 0 saturated heterocycles. The standard InChI is InChI=1S/C9H6ClN.ClH/c10-9-2-1-8-6-11-4-3-7(8)5-9;/h1-6H;1H. The van der Waals surface area contributed by atoms with Gasteiger partial charge in [-0.25, -0.2) is 0 Å². The molecule has 1 aromatic heterocycles. The number of pyridine rings is 1. The van der Waals surface area contributed by atoms with Crippen LogP contribution in [0.25, 0.3) is 10.8 Å². The van der Waals surface area contributed by atoms with Crippen LogP contribution in [0.5, 0.6) is 0 Å². The molecule has 0 unspecified atom stereocenters. The van der Waals surface area contributed by atoms with Crippen molar-refractivity contribution in [1.29, 1.82) is 0 Å². The van der Waals surface area contributed by atoms with Gasteiger partial charge in [0.2, 0.25) is 0 Å². The van der Waals surface area contributed by atoms with E-state index in [4.69, 9.17) is 11.6 Å². The van der Waals surface area contributed by atoms with Crippen molar-refractivity contribution in [3.8, 4) is 0 Å². The average Bonchev–Trinajstić information content (AvgIpc) is 2.04. The minimum Gasteiger partial charge on any atom is -0.264 e. The normalized spacial score (nSPS) is 9.42. The van der Waals surface area contributed by atoms with Crippen LogP contribution in [-0.2, 0) is 0 Å². The number of hydrogen-bond donors (Lipinski definition) is 0. The summed E-state index contributed by atoms with van der Waals surface area (Å²) in [6, 6.07) is 7.70. The van der Waals surface area contributed by atoms with Gasteiger partial charge in [-0.3, -0.25) is 4.98 Å². The zero-order chi connectivity index (χ0) is 7.68. The van der Waals surface area contributed by atoms with Crippen LogP contribution in [-0.4, -0.2) is 4.98 Å². The van der Waals surface area contributed by atoms with E-state index in [0.29, 0.717) is 0 Å². The molecule has 1 heterocycles. The molecule has 0 amide bonds. The Kier molecular flexibility index (Phi) is 2.90. The summed E-state index contributed by atoms with van der Waals surface area (Å²) >= 11 is 5.80. The molecule has 1 aromatic carbocycles. The Bertz CT molecular complexity index is 387. The number of halogens is 2. The Hall–Kier alpha value is -0.790. The highest BCUT2D eigenvalue weighted by atomic mass is 35.5. The molecule has 0 atom stereocenters. The lowest BCUT2D eigenvalue weighted by Gasteiger charge is -1.95. The summed E-state index contributed by atoms with van der Waals surface area (Å²) in [6.07, 6.45) is 3.59. The molecule has 12 heavy (non-hydrogen) atoms. The van der Waals surface area contributed by atoms with E-state index in [1.165, 1.54) is 0 Å². The van der Waals surface area contributed by atoms with Crippen molar-refractivity contribution in [2.24, 2.45) is 0 Å². The van der Waals surface area contributed by atoms with Crippen molar-refractivity contribution in [2.45, 2.75) is 0 Å². The summed E-state index contributed by atoms with van der Waals surface area (Å²) in [5.41, 5.74) is 0. The Morgan fingerprint density at radius 3 is 2.75 bits per heavy atom. The summed E-state index contributed by atoms with van der Waals surface area (Å²) in [7, 11) is 0. The largest absolute Gasteiger partial charge is 0.264 e. The number of nitrogens with zero attached hydrogens (tertiary/aromatic N) is 1. The van der Waals surface area contributed by atoms with E-state index in [-0.39, 0.29) is 12.4 Å². The van der Waals surface area contributed by atoms with Crippen molar-refractivity contribution >= 4 is 34.8 Å². The first-order chi connectivity index (χ1) is 5.36. The SMILES string of the molecule is Cl.Clc1ccc2cnccc2c1. The highest BCUT2D eigenvalue weighted by Crippen LogP contribution is 2.17. The van der Waals surface area contributed by atoms with Crippen molar-refractivity contribution in [2.75, 3.05) is 0 Å². The van der Waals surface area contributed by atoms with Gasteiger partial charge < -0.3 is 0 Å². The van der Waals surface area contributed by atoms with E-state index in [2.05, 4.69) is 4.98 Å². The Balaban J connectivity index is 0.000000720. The van der Waals surface area contributed by atoms with E-state index in [1.54, 1.807) is 6.20 Å². The average molecular weight is 200 g/mol. The van der Waals surface area contributed by atoms with Gasteiger partial charge in [-0.1, -0.05) is 17.7 Å². The lowest BCUT2D eigenvalue weighted by Crippen LogP contribution is -1.73. The summed E-state index contributed by atoms with van der Waals surface area (Å²) in [5, 5.41) is 3.02. The number of fused-ring (bicyclic) bond motifs is 1. The minimum atomic E-state index is 0. The monoisotopic (exact) mass is 199 g/mol. The maximum absolute atomic E-state index is 5.80. The summed E-state index contributed by atoms with van der Waals surface area (Å²) < 4.78 is 0. The number of benzene rings is 1. The molecular formula is C9H7Cl2N. The van der Waals surface area contributed by atoms with Crippen molar-refractivity contribution in [3.05, 3.63) is 41.7 Å². The molecule has 0 fully saturated rings. The number of aromatic nitrogens is 1. The lowest BCUT2D eigenvalue weighted by atomic mass is 10.2. The van der Waals surface area contributed by atoms with Gasteiger partial charge in [0.15, 0.2) is 0 Å². The van der Waals surface area contributed by atoms with Crippen LogP contribution in [0.3, 0.4) is 0 Å². The van der Waals surface area contributed by atoms with Gasteiger partial charge in [-0.15, -0.1) is 12.4 Å². The Labute approximate surface area is 81.8 Å². The van der Waals surface area contributed by atoms with Crippen LogP contribution in [0.4, 0.5) is 0 Å². The molecule has 2 rings (SSSR count). The number of rotatable bonds is 0. The van der Waals surface area contributed by atoms with Gasteiger partial charge in [0, 0.05) is 22.8 Å². The second-order valence-corrected chi connectivity index (χ2v) is 2.80. The van der Waals surface area contributed by atoms with Gasteiger partial charge in [0.1, 0.15) is 0 Å². The highest BCUT2D eigenvalue weighted by molar-refractivity contribution is 6.31. The minimum absolute atomic E-state index is 0. The summed E-state index contributed by atoms with van der Waals surface area (Å²) in [5.74, 6) is 0. The fourth-order valence-electron chi connectivity index (χ4n) is 1.05. The number of hydrogen-bond acceptors (Lipinski definition) is 1. The molecule has 0 radical (unpaired) electrons. The van der Waals surface area contributed by atoms with Crippen LogP contribution in [0.2, 0.25) is 5.02 Å². The quantitative estimate of drug-likeness (QED) is 0.635. The molecule has 0 spiro atoms. The molecule has 0 bridgehead atoms. The van der Waals surface area contributed by atoms with Crippen LogP contribution in [0.15, 0.2) is 36.7 Å². The van der Waals surface area contributed by atoms with E-state index in [9.17, 15) is 0 Å². The molecular weight excluding hydrogens is 193 g/mol. The van der Waals surface area contributed by atoms with E-state index >= 15 is 0 Å². The maximum Gasteiger partial charge on any atom is 0.0412 e. The third kappa shape index (κ3) is 1.68. The maximum atomic E-state index is 5.80. The van der Waals surface area contributed by atoms with E-state index < -0.39 is 0 Å². The first-order valence-corrected chi connectivity index (χ1v) is 3.73. The predicted octanol–water partition coefficient (Wildman–Crippen LogP) is 3.31. The molecule has 0 aliphatic carbocycles. The van der Waals surface area contributed by atoms with Gasteiger partial charge in [0.05, 0.1) is 0 Å². The fourth-order valence-corrected chi connectivity index (χ4v) is 1.23. The molecule has 0 aliphatic rings. The lowest BCUT2D eigenvalue weighted by molar-refractivity contribution is 1.36. The molecule has 3 heteroatoms. The summed E-state index contributed by atoms with van der Waals surface area (Å²) in [6.45, 7) is 0. The van der Waals surface area contributed by atoms with Crippen LogP contribution in [0.1, 0.15) is 0 Å². The highest BCUT2D eigenvalue weighted by Gasteiger charge is 1.91. The second-order valence-electron chi connectivity index (χ2n) is 2.37. The third-order valence-corrected chi connectivity index (χ3v) is 1.84.